The lowest BCUT2D eigenvalue weighted by atomic mass is 9.92. The normalized spacial score (nSPS) is 11.7. The minimum Gasteiger partial charge on any atom is -0.478 e. The summed E-state index contributed by atoms with van der Waals surface area (Å²) in [5, 5.41) is 13.1. The first-order valence-corrected chi connectivity index (χ1v) is 6.94. The Morgan fingerprint density at radius 3 is 2.68 bits per heavy atom. The van der Waals surface area contributed by atoms with E-state index in [1.165, 1.54) is 17.4 Å². The highest BCUT2D eigenvalue weighted by molar-refractivity contribution is 7.11. The van der Waals surface area contributed by atoms with Crippen molar-refractivity contribution in [3.8, 4) is 0 Å². The van der Waals surface area contributed by atoms with E-state index in [0.717, 1.165) is 17.4 Å². The molecular formula is C14H19NO3S. The molecule has 1 heterocycles. The predicted molar refractivity (Wildman–Crippen MR) is 77.4 cm³/mol. The number of carbonyl (C=O) groups is 2. The van der Waals surface area contributed by atoms with Gasteiger partial charge in [0.05, 0.1) is 5.56 Å². The minimum absolute atomic E-state index is 0.115. The van der Waals surface area contributed by atoms with Crippen LogP contribution in [0.25, 0.3) is 6.08 Å². The molecule has 0 saturated heterocycles. The molecule has 1 rings (SSSR count). The van der Waals surface area contributed by atoms with E-state index in [1.54, 1.807) is 11.4 Å². The van der Waals surface area contributed by atoms with Gasteiger partial charge in [-0.2, -0.15) is 0 Å². The molecule has 104 valence electrons. The van der Waals surface area contributed by atoms with Crippen molar-refractivity contribution in [2.75, 3.05) is 6.54 Å². The van der Waals surface area contributed by atoms with E-state index >= 15 is 0 Å². The van der Waals surface area contributed by atoms with Crippen LogP contribution in [0.15, 0.2) is 17.5 Å². The van der Waals surface area contributed by atoms with E-state index in [9.17, 15) is 9.59 Å². The third-order valence-corrected chi connectivity index (χ3v) is 3.33. The largest absolute Gasteiger partial charge is 0.478 e. The average molecular weight is 281 g/mol. The fourth-order valence-electron chi connectivity index (χ4n) is 1.37. The molecule has 0 aliphatic heterocycles. The second kappa shape index (κ2) is 6.52. The van der Waals surface area contributed by atoms with Gasteiger partial charge in [0.1, 0.15) is 0 Å². The molecule has 0 bridgehead atoms. The van der Waals surface area contributed by atoms with Gasteiger partial charge in [-0.15, -0.1) is 11.3 Å². The number of aliphatic carboxylic acids is 1. The molecule has 0 fully saturated rings. The van der Waals surface area contributed by atoms with Crippen LogP contribution in [0.2, 0.25) is 0 Å². The van der Waals surface area contributed by atoms with Gasteiger partial charge < -0.3 is 10.4 Å². The lowest BCUT2D eigenvalue weighted by molar-refractivity contribution is -0.131. The average Bonchev–Trinajstić information content (AvgIpc) is 2.73. The molecule has 1 aromatic heterocycles. The number of rotatable bonds is 5. The SMILES string of the molecule is CC(C)(C)CCNC(=O)c1csc(/C=C/C(=O)O)c1. The standard InChI is InChI=1S/C14H19NO3S/c1-14(2,3)6-7-15-13(18)10-8-11(19-9-10)4-5-12(16)17/h4-5,8-9H,6-7H2,1-3H3,(H,15,18)(H,16,17)/b5-4+. The van der Waals surface area contributed by atoms with Crippen LogP contribution in [-0.2, 0) is 4.79 Å². The van der Waals surface area contributed by atoms with Gasteiger partial charge in [-0.05, 0) is 24.0 Å². The Labute approximate surface area is 117 Å². The lowest BCUT2D eigenvalue weighted by Crippen LogP contribution is -2.26. The highest BCUT2D eigenvalue weighted by Gasteiger charge is 2.12. The molecule has 0 aliphatic carbocycles. The summed E-state index contributed by atoms with van der Waals surface area (Å²) in [4.78, 5) is 23.0. The Hall–Kier alpha value is -1.62. The van der Waals surface area contributed by atoms with Crippen molar-refractivity contribution in [3.63, 3.8) is 0 Å². The molecule has 0 aromatic carbocycles. The van der Waals surface area contributed by atoms with Crippen LogP contribution in [-0.4, -0.2) is 23.5 Å². The van der Waals surface area contributed by atoms with Gasteiger partial charge in [0.15, 0.2) is 0 Å². The minimum atomic E-state index is -0.996. The summed E-state index contributed by atoms with van der Waals surface area (Å²) in [5.41, 5.74) is 0.765. The maximum Gasteiger partial charge on any atom is 0.328 e. The van der Waals surface area contributed by atoms with Gasteiger partial charge in [0, 0.05) is 22.9 Å². The summed E-state index contributed by atoms with van der Waals surface area (Å²) in [6.45, 7) is 7.01. The van der Waals surface area contributed by atoms with Crippen molar-refractivity contribution in [3.05, 3.63) is 28.0 Å². The van der Waals surface area contributed by atoms with Crippen molar-refractivity contribution in [1.82, 2.24) is 5.32 Å². The van der Waals surface area contributed by atoms with Crippen LogP contribution in [0, 0.1) is 5.41 Å². The van der Waals surface area contributed by atoms with Gasteiger partial charge >= 0.3 is 5.97 Å². The molecule has 4 nitrogen and oxygen atoms in total. The van der Waals surface area contributed by atoms with Gasteiger partial charge in [0.2, 0.25) is 0 Å². The van der Waals surface area contributed by atoms with E-state index in [0.29, 0.717) is 12.1 Å². The Balaban J connectivity index is 2.52. The Kier molecular flexibility index (Phi) is 5.30. The number of carboxylic acid groups (broad SMARTS) is 1. The summed E-state index contributed by atoms with van der Waals surface area (Å²) < 4.78 is 0. The number of carboxylic acids is 1. The second-order valence-electron chi connectivity index (χ2n) is 5.48. The van der Waals surface area contributed by atoms with E-state index in [1.807, 2.05) is 0 Å². The van der Waals surface area contributed by atoms with E-state index in [2.05, 4.69) is 26.1 Å². The van der Waals surface area contributed by atoms with Crippen molar-refractivity contribution in [2.24, 2.45) is 5.41 Å². The summed E-state index contributed by atoms with van der Waals surface area (Å²) in [5.74, 6) is -1.11. The fraction of sp³-hybridized carbons (Fsp3) is 0.429. The number of carbonyl (C=O) groups excluding carboxylic acids is 1. The highest BCUT2D eigenvalue weighted by Crippen LogP contribution is 2.18. The third kappa shape index (κ3) is 6.20. The first kappa shape index (κ1) is 15.4. The van der Waals surface area contributed by atoms with Crippen LogP contribution >= 0.6 is 11.3 Å². The molecule has 0 unspecified atom stereocenters. The molecule has 0 spiro atoms. The maximum absolute atomic E-state index is 11.8. The summed E-state index contributed by atoms with van der Waals surface area (Å²) in [6, 6.07) is 1.69. The molecule has 1 aromatic rings. The number of hydrogen-bond acceptors (Lipinski definition) is 3. The summed E-state index contributed by atoms with van der Waals surface area (Å²) >= 11 is 1.35. The van der Waals surface area contributed by atoms with Crippen molar-refractivity contribution in [2.45, 2.75) is 27.2 Å². The summed E-state index contributed by atoms with van der Waals surface area (Å²) in [7, 11) is 0. The van der Waals surface area contributed by atoms with Crippen molar-refractivity contribution < 1.29 is 14.7 Å². The third-order valence-electron chi connectivity index (χ3n) is 2.43. The van der Waals surface area contributed by atoms with Gasteiger partial charge in [-0.25, -0.2) is 4.79 Å². The monoisotopic (exact) mass is 281 g/mol. The number of nitrogens with one attached hydrogen (secondary N) is 1. The molecule has 5 heteroatoms. The molecule has 0 atom stereocenters. The van der Waals surface area contributed by atoms with Gasteiger partial charge in [-0.3, -0.25) is 4.79 Å². The lowest BCUT2D eigenvalue weighted by Gasteiger charge is -2.17. The van der Waals surface area contributed by atoms with Gasteiger partial charge in [-0.1, -0.05) is 20.8 Å². The molecule has 19 heavy (non-hydrogen) atoms. The van der Waals surface area contributed by atoms with Crippen LogP contribution in [0.3, 0.4) is 0 Å². The Morgan fingerprint density at radius 2 is 2.11 bits per heavy atom. The molecular weight excluding hydrogens is 262 g/mol. The van der Waals surface area contributed by atoms with Crippen LogP contribution in [0.1, 0.15) is 42.4 Å². The predicted octanol–water partition coefficient (Wildman–Crippen LogP) is 3.01. The molecule has 2 N–H and O–H groups in total. The Morgan fingerprint density at radius 1 is 1.42 bits per heavy atom. The quantitative estimate of drug-likeness (QED) is 0.815. The molecule has 0 saturated carbocycles. The zero-order valence-electron chi connectivity index (χ0n) is 11.4. The zero-order chi connectivity index (χ0) is 14.5. The maximum atomic E-state index is 11.8. The molecule has 1 amide bonds. The molecule has 0 aliphatic rings. The smallest absolute Gasteiger partial charge is 0.328 e. The molecule has 0 radical (unpaired) electrons. The highest BCUT2D eigenvalue weighted by atomic mass is 32.1. The number of hydrogen-bond donors (Lipinski definition) is 2. The topological polar surface area (TPSA) is 66.4 Å². The van der Waals surface area contributed by atoms with E-state index < -0.39 is 5.97 Å². The van der Waals surface area contributed by atoms with Gasteiger partial charge in [0.25, 0.3) is 5.91 Å². The summed E-state index contributed by atoms with van der Waals surface area (Å²) in [6.07, 6.45) is 3.46. The first-order valence-electron chi connectivity index (χ1n) is 6.06. The number of thiophene rings is 1. The van der Waals surface area contributed by atoms with Crippen LogP contribution in [0.5, 0.6) is 0 Å². The Bertz CT molecular complexity index is 483. The fourth-order valence-corrected chi connectivity index (χ4v) is 2.15. The van der Waals surface area contributed by atoms with E-state index in [-0.39, 0.29) is 11.3 Å². The van der Waals surface area contributed by atoms with Crippen molar-refractivity contribution in [1.29, 1.82) is 0 Å². The second-order valence-corrected chi connectivity index (χ2v) is 6.42. The number of amides is 1. The first-order chi connectivity index (χ1) is 8.78. The van der Waals surface area contributed by atoms with E-state index in [4.69, 9.17) is 5.11 Å². The van der Waals surface area contributed by atoms with Crippen LogP contribution in [0.4, 0.5) is 0 Å². The zero-order valence-corrected chi connectivity index (χ0v) is 12.2. The van der Waals surface area contributed by atoms with Crippen LogP contribution < -0.4 is 5.32 Å². The van der Waals surface area contributed by atoms with Crippen molar-refractivity contribution >= 4 is 29.3 Å².